The third-order valence-electron chi connectivity index (χ3n) is 7.30. The molecule has 30 heavy (non-hydrogen) atoms. The first-order valence-corrected chi connectivity index (χ1v) is 10.9. The monoisotopic (exact) mass is 413 g/mol. The summed E-state index contributed by atoms with van der Waals surface area (Å²) in [5.41, 5.74) is 11.9. The predicted molar refractivity (Wildman–Crippen MR) is 114 cm³/mol. The molecule has 1 aromatic rings. The predicted octanol–water partition coefficient (Wildman–Crippen LogP) is 2.30. The number of rotatable bonds is 3. The van der Waals surface area contributed by atoms with Gasteiger partial charge in [0.1, 0.15) is 0 Å². The molecule has 1 saturated heterocycles. The molecule has 162 valence electrons. The fourth-order valence-corrected chi connectivity index (χ4v) is 6.05. The lowest BCUT2D eigenvalue weighted by atomic mass is 9.58. The maximum absolute atomic E-state index is 13.1. The Morgan fingerprint density at radius 3 is 2.17 bits per heavy atom. The Bertz CT molecular complexity index is 812. The van der Waals surface area contributed by atoms with Gasteiger partial charge in [-0.2, -0.15) is 0 Å². The summed E-state index contributed by atoms with van der Waals surface area (Å²) in [5.74, 6) is 0.766. The summed E-state index contributed by atoms with van der Waals surface area (Å²) in [6.45, 7) is 1.38. The molecule has 2 saturated carbocycles. The lowest BCUT2D eigenvalue weighted by Gasteiger charge is -2.61. The summed E-state index contributed by atoms with van der Waals surface area (Å²) < 4.78 is 0. The molecule has 3 fully saturated rings. The fourth-order valence-electron chi connectivity index (χ4n) is 6.05. The Kier molecular flexibility index (Phi) is 5.58. The summed E-state index contributed by atoms with van der Waals surface area (Å²) in [6, 6.07) is 7.30. The standard InChI is InChI=1S/C22H31N5O3/c23-20(24)25-18-9-7-15(8-10-18)13-19(28)26-11-12-27(21(29)30)22(14-26)16-3-1-4-17(22)6-2-5-16/h7-10,16-17H,1-6,11-14H2,(H,29,30)(H4,23,24,25). The average molecular weight is 414 g/mol. The van der Waals surface area contributed by atoms with Crippen molar-refractivity contribution >= 4 is 23.6 Å². The number of carbonyl (C=O) groups is 2. The summed E-state index contributed by atoms with van der Waals surface area (Å²) >= 11 is 0. The lowest BCUT2D eigenvalue weighted by Crippen LogP contribution is -2.72. The van der Waals surface area contributed by atoms with Crippen LogP contribution in [0.3, 0.4) is 0 Å². The van der Waals surface area contributed by atoms with Crippen molar-refractivity contribution in [2.75, 3.05) is 19.6 Å². The quantitative estimate of drug-likeness (QED) is 0.518. The minimum Gasteiger partial charge on any atom is -0.465 e. The zero-order chi connectivity index (χ0) is 21.3. The van der Waals surface area contributed by atoms with E-state index in [4.69, 9.17) is 11.5 Å². The SMILES string of the molecule is NC(N)=Nc1ccc(CC(=O)N2CCN(C(=O)O)C3(C2)C2CCCC3CCC2)cc1. The van der Waals surface area contributed by atoms with Gasteiger partial charge >= 0.3 is 6.09 Å². The van der Waals surface area contributed by atoms with Gasteiger partial charge in [-0.3, -0.25) is 9.69 Å². The molecule has 2 bridgehead atoms. The third kappa shape index (κ3) is 3.70. The van der Waals surface area contributed by atoms with Crippen LogP contribution < -0.4 is 11.5 Å². The number of hydrogen-bond donors (Lipinski definition) is 3. The van der Waals surface area contributed by atoms with Crippen molar-refractivity contribution in [3.05, 3.63) is 29.8 Å². The van der Waals surface area contributed by atoms with Crippen molar-refractivity contribution in [2.45, 2.75) is 50.5 Å². The molecule has 2 aliphatic carbocycles. The van der Waals surface area contributed by atoms with E-state index < -0.39 is 11.6 Å². The number of nitrogens with zero attached hydrogens (tertiary/aromatic N) is 3. The van der Waals surface area contributed by atoms with E-state index in [1.807, 2.05) is 17.0 Å². The molecule has 5 N–H and O–H groups in total. The highest BCUT2D eigenvalue weighted by atomic mass is 16.4. The molecule has 0 radical (unpaired) electrons. The van der Waals surface area contributed by atoms with Crippen LogP contribution in [0.15, 0.2) is 29.3 Å². The normalized spacial score (nSPS) is 28.3. The van der Waals surface area contributed by atoms with Gasteiger partial charge in [-0.15, -0.1) is 0 Å². The Morgan fingerprint density at radius 1 is 1.03 bits per heavy atom. The maximum atomic E-state index is 13.1. The van der Waals surface area contributed by atoms with Crippen LogP contribution >= 0.6 is 0 Å². The van der Waals surface area contributed by atoms with Crippen LogP contribution in [-0.4, -0.2) is 58.0 Å². The second kappa shape index (κ2) is 8.16. The van der Waals surface area contributed by atoms with Gasteiger partial charge in [-0.05, 0) is 55.2 Å². The van der Waals surface area contributed by atoms with E-state index in [1.54, 1.807) is 17.0 Å². The number of guanidine groups is 1. The second-order valence-corrected chi connectivity index (χ2v) is 8.88. The van der Waals surface area contributed by atoms with Crippen LogP contribution in [0, 0.1) is 11.8 Å². The molecule has 1 aromatic carbocycles. The Hall–Kier alpha value is -2.77. The Balaban J connectivity index is 1.52. The number of nitrogens with two attached hydrogens (primary N) is 2. The van der Waals surface area contributed by atoms with E-state index in [0.29, 0.717) is 43.6 Å². The maximum Gasteiger partial charge on any atom is 0.407 e. The number of aliphatic imine (C=N–C) groups is 1. The minimum absolute atomic E-state index is 0.00143. The average Bonchev–Trinajstić information content (AvgIpc) is 2.68. The molecule has 1 aliphatic heterocycles. The first kappa shape index (κ1) is 20.5. The zero-order valence-corrected chi connectivity index (χ0v) is 17.3. The summed E-state index contributed by atoms with van der Waals surface area (Å²) in [7, 11) is 0. The topological polar surface area (TPSA) is 125 Å². The van der Waals surface area contributed by atoms with Crippen LogP contribution in [0.4, 0.5) is 10.5 Å². The van der Waals surface area contributed by atoms with Crippen molar-refractivity contribution in [3.63, 3.8) is 0 Å². The Morgan fingerprint density at radius 2 is 1.63 bits per heavy atom. The number of amides is 2. The van der Waals surface area contributed by atoms with Gasteiger partial charge in [0.2, 0.25) is 5.91 Å². The molecule has 8 nitrogen and oxygen atoms in total. The zero-order valence-electron chi connectivity index (χ0n) is 17.3. The van der Waals surface area contributed by atoms with Crippen molar-refractivity contribution in [1.82, 2.24) is 9.80 Å². The second-order valence-electron chi connectivity index (χ2n) is 8.88. The van der Waals surface area contributed by atoms with Gasteiger partial charge in [0.15, 0.2) is 5.96 Å². The van der Waals surface area contributed by atoms with Crippen LogP contribution in [0.2, 0.25) is 0 Å². The Labute approximate surface area is 176 Å². The summed E-state index contributed by atoms with van der Waals surface area (Å²) in [6.07, 6.45) is 6.05. The molecule has 1 spiro atoms. The largest absolute Gasteiger partial charge is 0.465 e. The van der Waals surface area contributed by atoms with Crippen molar-refractivity contribution in [2.24, 2.45) is 28.3 Å². The number of benzene rings is 1. The van der Waals surface area contributed by atoms with Crippen LogP contribution in [0.25, 0.3) is 0 Å². The van der Waals surface area contributed by atoms with E-state index in [1.165, 1.54) is 12.8 Å². The minimum atomic E-state index is -0.837. The summed E-state index contributed by atoms with van der Waals surface area (Å²) in [5, 5.41) is 9.95. The van der Waals surface area contributed by atoms with Crippen molar-refractivity contribution in [3.8, 4) is 0 Å². The van der Waals surface area contributed by atoms with Crippen LogP contribution in [-0.2, 0) is 11.2 Å². The third-order valence-corrected chi connectivity index (χ3v) is 7.30. The smallest absolute Gasteiger partial charge is 0.407 e. The number of hydrogen-bond acceptors (Lipinski definition) is 3. The number of piperazine rings is 1. The van der Waals surface area contributed by atoms with Gasteiger partial charge in [-0.25, -0.2) is 9.79 Å². The molecular weight excluding hydrogens is 382 g/mol. The van der Waals surface area contributed by atoms with Gasteiger partial charge in [0, 0.05) is 19.6 Å². The fraction of sp³-hybridized carbons (Fsp3) is 0.591. The first-order valence-electron chi connectivity index (χ1n) is 10.9. The molecule has 4 rings (SSSR count). The molecule has 3 aliphatic rings. The van der Waals surface area contributed by atoms with Crippen LogP contribution in [0.5, 0.6) is 0 Å². The van der Waals surface area contributed by atoms with Crippen molar-refractivity contribution < 1.29 is 14.7 Å². The summed E-state index contributed by atoms with van der Waals surface area (Å²) in [4.78, 5) is 32.9. The number of carbonyl (C=O) groups excluding carboxylic acids is 1. The van der Waals surface area contributed by atoms with Gasteiger partial charge < -0.3 is 21.5 Å². The van der Waals surface area contributed by atoms with Gasteiger partial charge in [-0.1, -0.05) is 25.0 Å². The molecule has 0 aromatic heterocycles. The first-order chi connectivity index (χ1) is 14.4. The van der Waals surface area contributed by atoms with Gasteiger partial charge in [0.25, 0.3) is 0 Å². The molecule has 2 amide bonds. The lowest BCUT2D eigenvalue weighted by molar-refractivity contribution is -0.146. The molecule has 8 heteroatoms. The van der Waals surface area contributed by atoms with E-state index in [9.17, 15) is 14.7 Å². The highest BCUT2D eigenvalue weighted by Crippen LogP contribution is 2.52. The van der Waals surface area contributed by atoms with E-state index in [0.717, 1.165) is 31.2 Å². The number of carboxylic acid groups (broad SMARTS) is 1. The van der Waals surface area contributed by atoms with Gasteiger partial charge in [0.05, 0.1) is 17.6 Å². The molecule has 0 atom stereocenters. The van der Waals surface area contributed by atoms with E-state index >= 15 is 0 Å². The van der Waals surface area contributed by atoms with E-state index in [-0.39, 0.29) is 11.9 Å². The molecule has 0 unspecified atom stereocenters. The van der Waals surface area contributed by atoms with Crippen LogP contribution in [0.1, 0.15) is 44.1 Å². The molecule has 1 heterocycles. The highest BCUT2D eigenvalue weighted by Gasteiger charge is 2.57. The van der Waals surface area contributed by atoms with Crippen molar-refractivity contribution in [1.29, 1.82) is 0 Å². The highest BCUT2D eigenvalue weighted by molar-refractivity contribution is 5.80. The van der Waals surface area contributed by atoms with E-state index in [2.05, 4.69) is 4.99 Å². The molecular formula is C22H31N5O3.